The second-order valence-corrected chi connectivity index (χ2v) is 1.94. The molecule has 0 saturated heterocycles. The fourth-order valence-electron chi connectivity index (χ4n) is 0.505. The SMILES string of the molecule is N=C(N)C(CC(=O)O)C(=O)O. The Morgan fingerprint density at radius 3 is 2.00 bits per heavy atom. The van der Waals surface area contributed by atoms with Gasteiger partial charge in [-0.3, -0.25) is 15.0 Å². The van der Waals surface area contributed by atoms with Crippen molar-refractivity contribution in [2.75, 3.05) is 0 Å². The van der Waals surface area contributed by atoms with Crippen LogP contribution in [0.2, 0.25) is 0 Å². The van der Waals surface area contributed by atoms with Crippen molar-refractivity contribution in [2.45, 2.75) is 6.42 Å². The van der Waals surface area contributed by atoms with E-state index >= 15 is 0 Å². The molecule has 0 heterocycles. The lowest BCUT2D eigenvalue weighted by atomic mass is 10.1. The lowest BCUT2D eigenvalue weighted by Gasteiger charge is -2.05. The fourth-order valence-corrected chi connectivity index (χ4v) is 0.505. The molecule has 0 aromatic carbocycles. The van der Waals surface area contributed by atoms with Crippen LogP contribution in [-0.4, -0.2) is 28.0 Å². The average molecular weight is 160 g/mol. The van der Waals surface area contributed by atoms with Gasteiger partial charge in [0.25, 0.3) is 0 Å². The third-order valence-electron chi connectivity index (χ3n) is 1.05. The fraction of sp³-hybridized carbons (Fsp3) is 0.400. The number of aliphatic carboxylic acids is 2. The Hall–Kier alpha value is -1.59. The molecule has 11 heavy (non-hydrogen) atoms. The van der Waals surface area contributed by atoms with E-state index in [-0.39, 0.29) is 0 Å². The van der Waals surface area contributed by atoms with Crippen molar-refractivity contribution >= 4 is 17.8 Å². The van der Waals surface area contributed by atoms with E-state index in [9.17, 15) is 9.59 Å². The Balaban J connectivity index is 4.23. The lowest BCUT2D eigenvalue weighted by Crippen LogP contribution is -2.31. The maximum absolute atomic E-state index is 10.2. The molecule has 0 radical (unpaired) electrons. The topological polar surface area (TPSA) is 124 Å². The van der Waals surface area contributed by atoms with Crippen LogP contribution < -0.4 is 5.73 Å². The number of hydrogen-bond donors (Lipinski definition) is 4. The molecule has 0 aliphatic carbocycles. The summed E-state index contributed by atoms with van der Waals surface area (Å²) in [5, 5.41) is 23.2. The highest BCUT2D eigenvalue weighted by atomic mass is 16.4. The van der Waals surface area contributed by atoms with E-state index in [1.807, 2.05) is 0 Å². The van der Waals surface area contributed by atoms with Crippen LogP contribution in [0.1, 0.15) is 6.42 Å². The second kappa shape index (κ2) is 3.55. The van der Waals surface area contributed by atoms with E-state index in [0.29, 0.717) is 0 Å². The maximum Gasteiger partial charge on any atom is 0.314 e. The van der Waals surface area contributed by atoms with E-state index in [4.69, 9.17) is 21.4 Å². The Morgan fingerprint density at radius 2 is 1.91 bits per heavy atom. The number of carboxylic acids is 2. The number of carboxylic acid groups (broad SMARTS) is 2. The van der Waals surface area contributed by atoms with Gasteiger partial charge in [-0.25, -0.2) is 0 Å². The van der Waals surface area contributed by atoms with Gasteiger partial charge >= 0.3 is 11.9 Å². The third-order valence-corrected chi connectivity index (χ3v) is 1.05. The predicted molar refractivity (Wildman–Crippen MR) is 35.3 cm³/mol. The first-order valence-electron chi connectivity index (χ1n) is 2.73. The Labute approximate surface area is 62.1 Å². The van der Waals surface area contributed by atoms with Gasteiger partial charge in [0.2, 0.25) is 0 Å². The molecule has 0 saturated carbocycles. The Kier molecular flexibility index (Phi) is 3.03. The monoisotopic (exact) mass is 160 g/mol. The molecule has 0 aliphatic rings. The van der Waals surface area contributed by atoms with Gasteiger partial charge in [-0.1, -0.05) is 0 Å². The van der Waals surface area contributed by atoms with Crippen molar-refractivity contribution in [1.82, 2.24) is 0 Å². The number of carbonyl (C=O) groups is 2. The molecular formula is C5H8N2O4. The summed E-state index contributed by atoms with van der Waals surface area (Å²) in [6.45, 7) is 0. The molecule has 0 rings (SSSR count). The number of nitrogens with two attached hydrogens (primary N) is 1. The van der Waals surface area contributed by atoms with Gasteiger partial charge in [0, 0.05) is 0 Å². The van der Waals surface area contributed by atoms with Crippen molar-refractivity contribution in [3.63, 3.8) is 0 Å². The van der Waals surface area contributed by atoms with Crippen molar-refractivity contribution in [2.24, 2.45) is 11.7 Å². The minimum Gasteiger partial charge on any atom is -0.481 e. The summed E-state index contributed by atoms with van der Waals surface area (Å²) < 4.78 is 0. The molecule has 0 fully saturated rings. The van der Waals surface area contributed by atoms with E-state index in [2.05, 4.69) is 0 Å². The van der Waals surface area contributed by atoms with Crippen LogP contribution in [-0.2, 0) is 9.59 Å². The van der Waals surface area contributed by atoms with Gasteiger partial charge in [0.15, 0.2) is 0 Å². The van der Waals surface area contributed by atoms with Crippen LogP contribution >= 0.6 is 0 Å². The van der Waals surface area contributed by atoms with Gasteiger partial charge in [-0.15, -0.1) is 0 Å². The molecule has 1 unspecified atom stereocenters. The molecule has 1 atom stereocenters. The van der Waals surface area contributed by atoms with E-state index in [1.54, 1.807) is 0 Å². The zero-order valence-electron chi connectivity index (χ0n) is 5.57. The number of hydrogen-bond acceptors (Lipinski definition) is 3. The average Bonchev–Trinajstić information content (AvgIpc) is 1.81. The predicted octanol–water partition coefficient (Wildman–Crippen LogP) is -0.902. The quantitative estimate of drug-likeness (QED) is 0.313. The maximum atomic E-state index is 10.2. The van der Waals surface area contributed by atoms with Crippen LogP contribution in [0, 0.1) is 11.3 Å². The van der Waals surface area contributed by atoms with Gasteiger partial charge in [0.05, 0.1) is 6.42 Å². The lowest BCUT2D eigenvalue weighted by molar-refractivity contribution is -0.145. The molecule has 0 aromatic heterocycles. The van der Waals surface area contributed by atoms with Gasteiger partial charge in [-0.05, 0) is 0 Å². The van der Waals surface area contributed by atoms with Crippen molar-refractivity contribution < 1.29 is 19.8 Å². The first-order valence-corrected chi connectivity index (χ1v) is 2.73. The van der Waals surface area contributed by atoms with Gasteiger partial charge in [-0.2, -0.15) is 0 Å². The highest BCUT2D eigenvalue weighted by molar-refractivity contribution is 6.00. The summed E-state index contributed by atoms with van der Waals surface area (Å²) in [5.41, 5.74) is 4.83. The molecular weight excluding hydrogens is 152 g/mol. The van der Waals surface area contributed by atoms with E-state index in [1.165, 1.54) is 0 Å². The first-order chi connectivity index (χ1) is 4.95. The first kappa shape index (κ1) is 9.41. The summed E-state index contributed by atoms with van der Waals surface area (Å²) in [5.74, 6) is -4.72. The second-order valence-electron chi connectivity index (χ2n) is 1.94. The number of nitrogens with one attached hydrogen (secondary N) is 1. The van der Waals surface area contributed by atoms with Crippen LogP contribution in [0.25, 0.3) is 0 Å². The minimum atomic E-state index is -1.41. The highest BCUT2D eigenvalue weighted by Crippen LogP contribution is 2.01. The number of rotatable bonds is 4. The Bertz CT molecular complexity index is 187. The van der Waals surface area contributed by atoms with E-state index < -0.39 is 30.1 Å². The van der Waals surface area contributed by atoms with Crippen molar-refractivity contribution in [3.8, 4) is 0 Å². The standard InChI is InChI=1S/C5H8N2O4/c6-4(7)2(5(10)11)1-3(8)9/h2H,1H2,(H3,6,7)(H,8,9)(H,10,11). The van der Waals surface area contributed by atoms with E-state index in [0.717, 1.165) is 0 Å². The smallest absolute Gasteiger partial charge is 0.314 e. The molecule has 5 N–H and O–H groups in total. The summed E-state index contributed by atoms with van der Waals surface area (Å²) in [7, 11) is 0. The minimum absolute atomic E-state index is 0.639. The van der Waals surface area contributed by atoms with Crippen LogP contribution in [0.15, 0.2) is 0 Å². The summed E-state index contributed by atoms with van der Waals surface area (Å²) >= 11 is 0. The zero-order valence-corrected chi connectivity index (χ0v) is 5.57. The van der Waals surface area contributed by atoms with Gasteiger partial charge in [0.1, 0.15) is 11.8 Å². The molecule has 62 valence electrons. The molecule has 0 aliphatic heterocycles. The molecule has 0 bridgehead atoms. The largest absolute Gasteiger partial charge is 0.481 e. The van der Waals surface area contributed by atoms with Crippen LogP contribution in [0.4, 0.5) is 0 Å². The molecule has 0 spiro atoms. The summed E-state index contributed by atoms with van der Waals surface area (Å²) in [6.07, 6.45) is -0.648. The highest BCUT2D eigenvalue weighted by Gasteiger charge is 2.23. The van der Waals surface area contributed by atoms with Crippen LogP contribution in [0.3, 0.4) is 0 Å². The molecule has 6 heteroatoms. The molecule has 6 nitrogen and oxygen atoms in total. The Morgan fingerprint density at radius 1 is 1.45 bits per heavy atom. The third kappa shape index (κ3) is 3.19. The number of amidine groups is 1. The van der Waals surface area contributed by atoms with Crippen molar-refractivity contribution in [3.05, 3.63) is 0 Å². The molecule has 0 aromatic rings. The van der Waals surface area contributed by atoms with Crippen molar-refractivity contribution in [1.29, 1.82) is 5.41 Å². The molecule has 0 amide bonds. The normalized spacial score (nSPS) is 12.0. The summed E-state index contributed by atoms with van der Waals surface area (Å²) in [4.78, 5) is 20.2. The van der Waals surface area contributed by atoms with Crippen LogP contribution in [0.5, 0.6) is 0 Å². The zero-order chi connectivity index (χ0) is 9.02. The van der Waals surface area contributed by atoms with Gasteiger partial charge < -0.3 is 15.9 Å². The summed E-state index contributed by atoms with van der Waals surface area (Å²) in [6, 6.07) is 0.